The van der Waals surface area contributed by atoms with E-state index >= 15 is 0 Å². The van der Waals surface area contributed by atoms with Crippen LogP contribution < -0.4 is 10.6 Å². The number of nitrogens with one attached hydrogen (secondary N) is 2. The summed E-state index contributed by atoms with van der Waals surface area (Å²) in [6.45, 7) is 2.92. The molecule has 216 valence electrons. The Morgan fingerprint density at radius 3 is 2.61 bits per heavy atom. The molecule has 2 atom stereocenters. The number of methoxy groups -OCH3 is 1. The van der Waals surface area contributed by atoms with Crippen LogP contribution in [0.25, 0.3) is 0 Å². The van der Waals surface area contributed by atoms with Crippen LogP contribution in [-0.2, 0) is 27.2 Å². The van der Waals surface area contributed by atoms with Crippen LogP contribution in [0.5, 0.6) is 0 Å². The van der Waals surface area contributed by atoms with E-state index in [-0.39, 0.29) is 19.5 Å². The number of ether oxygens (including phenoxy) is 1. The standard InChI is InChI=1S/C26H40F4N4O4/c1-25(2,26(28,29)30)15-22(35)33-21(24(36)37)11-14-34(17-20(16-27)38-3)13-5-4-8-19-10-9-18-7-6-12-31-23(18)32-19/h9-10,20-21H,4-8,11-17H2,1-3H3,(H,31,32)(H,33,35)(H,36,37)/t20-,21+/m1/s1. The monoisotopic (exact) mass is 548 g/mol. The summed E-state index contributed by atoms with van der Waals surface area (Å²) in [6, 6.07) is 2.75. The van der Waals surface area contributed by atoms with Crippen molar-refractivity contribution in [2.45, 2.75) is 77.1 Å². The summed E-state index contributed by atoms with van der Waals surface area (Å²) in [5, 5.41) is 15.1. The van der Waals surface area contributed by atoms with Crippen molar-refractivity contribution in [2.75, 3.05) is 45.3 Å². The molecule has 0 unspecified atom stereocenters. The number of amides is 1. The number of unbranched alkanes of at least 4 members (excludes halogenated alkanes) is 1. The summed E-state index contributed by atoms with van der Waals surface area (Å²) in [6.07, 6.45) is -1.85. The van der Waals surface area contributed by atoms with Crippen molar-refractivity contribution in [3.8, 4) is 0 Å². The fourth-order valence-corrected chi connectivity index (χ4v) is 4.23. The maximum absolute atomic E-state index is 13.3. The summed E-state index contributed by atoms with van der Waals surface area (Å²) >= 11 is 0. The van der Waals surface area contributed by atoms with Crippen molar-refractivity contribution in [1.82, 2.24) is 15.2 Å². The Hall–Kier alpha value is -2.47. The number of hydrogen-bond acceptors (Lipinski definition) is 6. The van der Waals surface area contributed by atoms with Gasteiger partial charge >= 0.3 is 12.1 Å². The van der Waals surface area contributed by atoms with Gasteiger partial charge in [0.25, 0.3) is 0 Å². The van der Waals surface area contributed by atoms with Crippen LogP contribution in [0.2, 0.25) is 0 Å². The zero-order valence-electron chi connectivity index (χ0n) is 22.4. The molecule has 1 aromatic rings. The van der Waals surface area contributed by atoms with E-state index in [1.165, 1.54) is 12.7 Å². The topological polar surface area (TPSA) is 104 Å². The third-order valence-electron chi connectivity index (χ3n) is 6.81. The number of halogens is 4. The zero-order chi connectivity index (χ0) is 28.3. The number of fused-ring (bicyclic) bond motifs is 1. The highest BCUT2D eigenvalue weighted by Gasteiger charge is 2.48. The van der Waals surface area contributed by atoms with Gasteiger partial charge in [0.1, 0.15) is 18.5 Å². The number of aromatic nitrogens is 1. The van der Waals surface area contributed by atoms with Crippen molar-refractivity contribution in [2.24, 2.45) is 5.41 Å². The molecule has 1 amide bonds. The number of carbonyl (C=O) groups is 2. The Morgan fingerprint density at radius 1 is 1.24 bits per heavy atom. The number of aryl methyl sites for hydroxylation is 2. The Bertz CT molecular complexity index is 910. The molecule has 2 heterocycles. The third kappa shape index (κ3) is 10.0. The molecule has 1 aliphatic rings. The summed E-state index contributed by atoms with van der Waals surface area (Å²) in [5.41, 5.74) is -0.106. The van der Waals surface area contributed by atoms with Gasteiger partial charge in [-0.2, -0.15) is 13.2 Å². The second kappa shape index (κ2) is 14.6. The van der Waals surface area contributed by atoms with E-state index in [4.69, 9.17) is 4.74 Å². The number of carbonyl (C=O) groups excluding carboxylic acids is 1. The fourth-order valence-electron chi connectivity index (χ4n) is 4.23. The number of pyridine rings is 1. The number of aliphatic carboxylic acids is 1. The smallest absolute Gasteiger partial charge is 0.394 e. The van der Waals surface area contributed by atoms with Gasteiger partial charge < -0.3 is 25.4 Å². The largest absolute Gasteiger partial charge is 0.480 e. The summed E-state index contributed by atoms with van der Waals surface area (Å²) < 4.78 is 57.8. The van der Waals surface area contributed by atoms with Gasteiger partial charge in [0.05, 0.1) is 11.5 Å². The maximum atomic E-state index is 13.3. The van der Waals surface area contributed by atoms with Crippen LogP contribution in [-0.4, -0.2) is 85.2 Å². The average Bonchev–Trinajstić information content (AvgIpc) is 2.85. The molecule has 1 aliphatic heterocycles. The van der Waals surface area contributed by atoms with Gasteiger partial charge in [-0.15, -0.1) is 0 Å². The molecule has 0 aromatic carbocycles. The Morgan fingerprint density at radius 2 is 1.97 bits per heavy atom. The lowest BCUT2D eigenvalue weighted by molar-refractivity contribution is -0.213. The molecular weight excluding hydrogens is 508 g/mol. The van der Waals surface area contributed by atoms with Crippen LogP contribution in [0, 0.1) is 5.41 Å². The zero-order valence-corrected chi connectivity index (χ0v) is 22.4. The number of carboxylic acid groups (broad SMARTS) is 1. The van der Waals surface area contributed by atoms with Crippen molar-refractivity contribution in [3.63, 3.8) is 0 Å². The van der Waals surface area contributed by atoms with Gasteiger partial charge in [0.2, 0.25) is 5.91 Å². The Balaban J connectivity index is 1.91. The van der Waals surface area contributed by atoms with E-state index in [2.05, 4.69) is 21.7 Å². The first-order valence-electron chi connectivity index (χ1n) is 13.0. The summed E-state index contributed by atoms with van der Waals surface area (Å²) in [4.78, 5) is 30.5. The average molecular weight is 549 g/mol. The Kier molecular flexibility index (Phi) is 12.2. The molecule has 0 fully saturated rings. The predicted molar refractivity (Wildman–Crippen MR) is 136 cm³/mol. The first-order valence-corrected chi connectivity index (χ1v) is 13.0. The molecule has 8 nitrogen and oxygen atoms in total. The number of nitrogens with zero attached hydrogens (tertiary/aromatic N) is 2. The minimum Gasteiger partial charge on any atom is -0.480 e. The summed E-state index contributed by atoms with van der Waals surface area (Å²) in [7, 11) is 1.39. The van der Waals surface area contributed by atoms with E-state index in [0.29, 0.717) is 6.54 Å². The molecule has 12 heteroatoms. The third-order valence-corrected chi connectivity index (χ3v) is 6.81. The summed E-state index contributed by atoms with van der Waals surface area (Å²) in [5.74, 6) is -1.40. The van der Waals surface area contributed by atoms with Gasteiger partial charge in [0, 0.05) is 38.9 Å². The minimum atomic E-state index is -4.60. The second-order valence-electron chi connectivity index (χ2n) is 10.4. The lowest BCUT2D eigenvalue weighted by Gasteiger charge is -2.29. The van der Waals surface area contributed by atoms with Crippen molar-refractivity contribution in [1.29, 1.82) is 0 Å². The normalized spacial score (nSPS) is 15.5. The van der Waals surface area contributed by atoms with Crippen molar-refractivity contribution < 1.29 is 37.0 Å². The molecule has 3 N–H and O–H groups in total. The molecule has 0 saturated heterocycles. The lowest BCUT2D eigenvalue weighted by Crippen LogP contribution is -2.46. The molecule has 0 spiro atoms. The fraction of sp³-hybridized carbons (Fsp3) is 0.731. The number of hydrogen-bond donors (Lipinski definition) is 3. The first kappa shape index (κ1) is 31.7. The number of alkyl halides is 4. The molecule has 0 radical (unpaired) electrons. The maximum Gasteiger partial charge on any atom is 0.394 e. The number of anilines is 1. The molecule has 0 saturated carbocycles. The number of carboxylic acids is 1. The highest BCUT2D eigenvalue weighted by atomic mass is 19.4. The van der Waals surface area contributed by atoms with E-state index < -0.39 is 48.7 Å². The van der Waals surface area contributed by atoms with E-state index in [1.807, 2.05) is 11.0 Å². The highest BCUT2D eigenvalue weighted by Crippen LogP contribution is 2.40. The van der Waals surface area contributed by atoms with E-state index in [0.717, 1.165) is 64.0 Å². The SMILES string of the molecule is CO[C@H](CF)CN(CCCCc1ccc2c(n1)NCCC2)CC[C@H](NC(=O)CC(C)(C)C(F)(F)F)C(=O)O. The minimum absolute atomic E-state index is 0.0473. The van der Waals surface area contributed by atoms with Crippen LogP contribution in [0.4, 0.5) is 23.4 Å². The second-order valence-corrected chi connectivity index (χ2v) is 10.4. The van der Waals surface area contributed by atoms with Gasteiger partial charge in [-0.3, -0.25) is 4.79 Å². The van der Waals surface area contributed by atoms with Gasteiger partial charge in [-0.1, -0.05) is 19.9 Å². The van der Waals surface area contributed by atoms with E-state index in [9.17, 15) is 32.3 Å². The molecule has 0 aliphatic carbocycles. The Labute approximate surface area is 221 Å². The van der Waals surface area contributed by atoms with Crippen LogP contribution in [0.1, 0.15) is 57.2 Å². The van der Waals surface area contributed by atoms with Crippen LogP contribution in [0.3, 0.4) is 0 Å². The van der Waals surface area contributed by atoms with Crippen molar-refractivity contribution >= 4 is 17.7 Å². The van der Waals surface area contributed by atoms with Crippen LogP contribution >= 0.6 is 0 Å². The van der Waals surface area contributed by atoms with Gasteiger partial charge in [0.15, 0.2) is 0 Å². The predicted octanol–water partition coefficient (Wildman–Crippen LogP) is 3.99. The van der Waals surface area contributed by atoms with Gasteiger partial charge in [-0.05, 0) is 56.7 Å². The van der Waals surface area contributed by atoms with E-state index in [1.54, 1.807) is 0 Å². The molecule has 1 aromatic heterocycles. The van der Waals surface area contributed by atoms with Gasteiger partial charge in [-0.25, -0.2) is 14.2 Å². The molecule has 2 rings (SSSR count). The molecule has 38 heavy (non-hydrogen) atoms. The van der Waals surface area contributed by atoms with Crippen LogP contribution in [0.15, 0.2) is 12.1 Å². The first-order chi connectivity index (χ1) is 17.9. The quantitative estimate of drug-likeness (QED) is 0.212. The molecular formula is C26H40F4N4O4. The lowest BCUT2D eigenvalue weighted by atomic mass is 9.88. The number of rotatable bonds is 16. The highest BCUT2D eigenvalue weighted by molar-refractivity contribution is 5.83. The van der Waals surface area contributed by atoms with Crippen molar-refractivity contribution in [3.05, 3.63) is 23.4 Å². The molecule has 0 bridgehead atoms.